The zero-order valence-electron chi connectivity index (χ0n) is 21.8. The number of esters is 1. The van der Waals surface area contributed by atoms with Crippen LogP contribution in [0.4, 0.5) is 10.7 Å². The van der Waals surface area contributed by atoms with Gasteiger partial charge in [-0.3, -0.25) is 4.79 Å². The van der Waals surface area contributed by atoms with E-state index >= 15 is 0 Å². The summed E-state index contributed by atoms with van der Waals surface area (Å²) in [6, 6.07) is 24.4. The molecule has 5 rings (SSSR count). The number of benzene rings is 3. The van der Waals surface area contributed by atoms with Gasteiger partial charge in [0.2, 0.25) is 0 Å². The first-order valence-corrected chi connectivity index (χ1v) is 14.0. The van der Waals surface area contributed by atoms with Crippen molar-refractivity contribution in [2.24, 2.45) is 4.99 Å². The standard InChI is InChI=1S/C32H30N2O4S/c1-2-37-32(36)24-16-12-23(13-17-24)21-38-26-18-14-22(15-19-26)20-33-31-29(27-10-6-7-11-28(27)39-31)30(35)34-25-8-4-3-5-9-25/h3-5,8-9,12-20H,2,6-7,10-11,21H2,1H3,(H,34,35). The normalized spacial score (nSPS) is 12.6. The zero-order valence-corrected chi connectivity index (χ0v) is 22.6. The van der Waals surface area contributed by atoms with E-state index in [0.717, 1.165) is 58.8 Å². The number of fused-ring (bicyclic) bond motifs is 1. The number of thiophene rings is 1. The van der Waals surface area contributed by atoms with E-state index in [4.69, 9.17) is 14.5 Å². The fraction of sp³-hybridized carbons (Fsp3) is 0.219. The number of hydrogen-bond donors (Lipinski definition) is 1. The van der Waals surface area contributed by atoms with Crippen LogP contribution in [-0.4, -0.2) is 24.7 Å². The van der Waals surface area contributed by atoms with E-state index in [1.54, 1.807) is 36.6 Å². The maximum atomic E-state index is 13.3. The summed E-state index contributed by atoms with van der Waals surface area (Å²) < 4.78 is 10.9. The van der Waals surface area contributed by atoms with Crippen molar-refractivity contribution in [2.45, 2.75) is 39.2 Å². The van der Waals surface area contributed by atoms with Crippen molar-refractivity contribution in [2.75, 3.05) is 11.9 Å². The van der Waals surface area contributed by atoms with E-state index in [2.05, 4.69) is 5.32 Å². The van der Waals surface area contributed by atoms with Crippen LogP contribution in [0, 0.1) is 0 Å². The third-order valence-corrected chi connectivity index (χ3v) is 7.69. The van der Waals surface area contributed by atoms with Gasteiger partial charge in [0.15, 0.2) is 0 Å². The number of nitrogens with one attached hydrogen (secondary N) is 1. The predicted octanol–water partition coefficient (Wildman–Crippen LogP) is 7.39. The van der Waals surface area contributed by atoms with Crippen molar-refractivity contribution >= 4 is 40.1 Å². The summed E-state index contributed by atoms with van der Waals surface area (Å²) in [7, 11) is 0. The molecular weight excluding hydrogens is 508 g/mol. The molecule has 0 bridgehead atoms. The van der Waals surface area contributed by atoms with Crippen LogP contribution in [0.2, 0.25) is 0 Å². The molecule has 7 heteroatoms. The topological polar surface area (TPSA) is 77.0 Å². The second-order valence-electron chi connectivity index (χ2n) is 9.24. The van der Waals surface area contributed by atoms with Crippen LogP contribution in [0.15, 0.2) is 83.9 Å². The summed E-state index contributed by atoms with van der Waals surface area (Å²) in [5.74, 6) is 0.303. The second-order valence-corrected chi connectivity index (χ2v) is 10.3. The average molecular weight is 539 g/mol. The van der Waals surface area contributed by atoms with Gasteiger partial charge in [0.1, 0.15) is 17.4 Å². The van der Waals surface area contributed by atoms with Gasteiger partial charge < -0.3 is 14.8 Å². The summed E-state index contributed by atoms with van der Waals surface area (Å²) in [5, 5.41) is 3.79. The lowest BCUT2D eigenvalue weighted by molar-refractivity contribution is 0.0526. The maximum absolute atomic E-state index is 13.3. The monoisotopic (exact) mass is 538 g/mol. The lowest BCUT2D eigenvalue weighted by Crippen LogP contribution is -2.14. The minimum Gasteiger partial charge on any atom is -0.489 e. The minimum absolute atomic E-state index is 0.105. The lowest BCUT2D eigenvalue weighted by atomic mass is 9.95. The van der Waals surface area contributed by atoms with Crippen molar-refractivity contribution in [3.63, 3.8) is 0 Å². The Balaban J connectivity index is 1.25. The molecule has 0 fully saturated rings. The number of anilines is 1. The number of carbonyl (C=O) groups is 2. The maximum Gasteiger partial charge on any atom is 0.338 e. The fourth-order valence-electron chi connectivity index (χ4n) is 4.49. The number of amides is 1. The molecule has 0 radical (unpaired) electrons. The number of nitrogens with zero attached hydrogens (tertiary/aromatic N) is 1. The van der Waals surface area contributed by atoms with Crippen molar-refractivity contribution in [3.8, 4) is 5.75 Å². The molecule has 1 heterocycles. The van der Waals surface area contributed by atoms with Gasteiger partial charge in [-0.2, -0.15) is 0 Å². The van der Waals surface area contributed by atoms with E-state index in [1.807, 2.05) is 66.7 Å². The molecule has 39 heavy (non-hydrogen) atoms. The molecule has 0 aliphatic heterocycles. The molecule has 4 aromatic rings. The number of aryl methyl sites for hydroxylation is 1. The van der Waals surface area contributed by atoms with E-state index in [-0.39, 0.29) is 11.9 Å². The van der Waals surface area contributed by atoms with Gasteiger partial charge in [0.05, 0.1) is 17.7 Å². The molecule has 1 N–H and O–H groups in total. The third kappa shape index (κ3) is 6.62. The van der Waals surface area contributed by atoms with Gasteiger partial charge in [-0.05, 0) is 97.8 Å². The van der Waals surface area contributed by atoms with Crippen LogP contribution in [-0.2, 0) is 24.2 Å². The van der Waals surface area contributed by atoms with E-state index in [9.17, 15) is 9.59 Å². The Morgan fingerprint density at radius 1 is 0.949 bits per heavy atom. The number of hydrogen-bond acceptors (Lipinski definition) is 6. The van der Waals surface area contributed by atoms with Crippen molar-refractivity contribution in [1.82, 2.24) is 0 Å². The van der Waals surface area contributed by atoms with Gasteiger partial charge >= 0.3 is 5.97 Å². The molecule has 1 aromatic heterocycles. The Morgan fingerprint density at radius 3 is 2.44 bits per heavy atom. The first kappa shape index (κ1) is 26.4. The second kappa shape index (κ2) is 12.5. The lowest BCUT2D eigenvalue weighted by Gasteiger charge is -2.12. The molecule has 1 aliphatic carbocycles. The largest absolute Gasteiger partial charge is 0.489 e. The number of para-hydroxylation sites is 1. The van der Waals surface area contributed by atoms with Crippen LogP contribution < -0.4 is 10.1 Å². The average Bonchev–Trinajstić information content (AvgIpc) is 3.35. The molecule has 6 nitrogen and oxygen atoms in total. The summed E-state index contributed by atoms with van der Waals surface area (Å²) >= 11 is 1.62. The highest BCUT2D eigenvalue weighted by Crippen LogP contribution is 2.40. The van der Waals surface area contributed by atoms with Gasteiger partial charge in [0, 0.05) is 16.8 Å². The van der Waals surface area contributed by atoms with Gasteiger partial charge in [0.25, 0.3) is 5.91 Å². The van der Waals surface area contributed by atoms with Gasteiger partial charge in [-0.1, -0.05) is 30.3 Å². The highest BCUT2D eigenvalue weighted by atomic mass is 32.1. The molecule has 1 amide bonds. The van der Waals surface area contributed by atoms with Crippen LogP contribution >= 0.6 is 11.3 Å². The molecule has 1 aliphatic rings. The summed E-state index contributed by atoms with van der Waals surface area (Å²) in [4.78, 5) is 31.1. The Hall–Kier alpha value is -4.23. The third-order valence-electron chi connectivity index (χ3n) is 6.49. The fourth-order valence-corrected chi connectivity index (χ4v) is 5.72. The molecule has 3 aromatic carbocycles. The zero-order chi connectivity index (χ0) is 27.0. The molecule has 198 valence electrons. The van der Waals surface area contributed by atoms with Gasteiger partial charge in [-0.25, -0.2) is 9.79 Å². The Labute approximate surface area is 232 Å². The van der Waals surface area contributed by atoms with Crippen LogP contribution in [0.25, 0.3) is 0 Å². The van der Waals surface area contributed by atoms with Crippen LogP contribution in [0.5, 0.6) is 5.75 Å². The Bertz CT molecular complexity index is 1460. The van der Waals surface area contributed by atoms with E-state index < -0.39 is 0 Å². The molecule has 0 atom stereocenters. The quantitative estimate of drug-likeness (QED) is 0.178. The van der Waals surface area contributed by atoms with Crippen molar-refractivity contribution in [1.29, 1.82) is 0 Å². The van der Waals surface area contributed by atoms with Gasteiger partial charge in [-0.15, -0.1) is 11.3 Å². The summed E-state index contributed by atoms with van der Waals surface area (Å²) in [6.45, 7) is 2.52. The SMILES string of the molecule is CCOC(=O)c1ccc(COc2ccc(C=Nc3sc4c(c3C(=O)Nc3ccccc3)CCCC4)cc2)cc1. The molecule has 0 saturated carbocycles. The first-order chi connectivity index (χ1) is 19.1. The smallest absolute Gasteiger partial charge is 0.338 e. The number of carbonyl (C=O) groups excluding carboxylic acids is 2. The highest BCUT2D eigenvalue weighted by Gasteiger charge is 2.25. The highest BCUT2D eigenvalue weighted by molar-refractivity contribution is 7.16. The predicted molar refractivity (Wildman–Crippen MR) is 156 cm³/mol. The van der Waals surface area contributed by atoms with Crippen molar-refractivity contribution in [3.05, 3.63) is 112 Å². The van der Waals surface area contributed by atoms with Crippen LogP contribution in [0.1, 0.15) is 62.0 Å². The molecule has 0 spiro atoms. The Morgan fingerprint density at radius 2 is 1.69 bits per heavy atom. The summed E-state index contributed by atoms with van der Waals surface area (Å²) in [5.41, 5.74) is 5.02. The molecule has 0 saturated heterocycles. The van der Waals surface area contributed by atoms with E-state index in [0.29, 0.717) is 24.3 Å². The van der Waals surface area contributed by atoms with Crippen molar-refractivity contribution < 1.29 is 19.1 Å². The van der Waals surface area contributed by atoms with Crippen LogP contribution in [0.3, 0.4) is 0 Å². The molecule has 0 unspecified atom stereocenters. The number of ether oxygens (including phenoxy) is 2. The minimum atomic E-state index is -0.325. The summed E-state index contributed by atoms with van der Waals surface area (Å²) in [6.07, 6.45) is 5.95. The van der Waals surface area contributed by atoms with E-state index in [1.165, 1.54) is 4.88 Å². The number of rotatable bonds is 9. The number of aliphatic imine (C=N–C) groups is 1. The molecular formula is C32H30N2O4S. The Kier molecular flexibility index (Phi) is 8.48. The first-order valence-electron chi connectivity index (χ1n) is 13.1.